The molecule has 0 aromatic heterocycles. The summed E-state index contributed by atoms with van der Waals surface area (Å²) in [4.78, 5) is 24.5. The summed E-state index contributed by atoms with van der Waals surface area (Å²) in [5, 5.41) is 5.38. The van der Waals surface area contributed by atoms with Crippen LogP contribution >= 0.6 is 0 Å². The third-order valence-electron chi connectivity index (χ3n) is 3.39. The van der Waals surface area contributed by atoms with Crippen LogP contribution in [0.25, 0.3) is 0 Å². The van der Waals surface area contributed by atoms with E-state index in [0.29, 0.717) is 11.4 Å². The van der Waals surface area contributed by atoms with Gasteiger partial charge in [-0.25, -0.2) is 4.79 Å². The first-order valence-corrected chi connectivity index (χ1v) is 7.72. The lowest BCUT2D eigenvalue weighted by Gasteiger charge is -2.11. The summed E-state index contributed by atoms with van der Waals surface area (Å²) < 4.78 is 5.30. The van der Waals surface area contributed by atoms with Crippen molar-refractivity contribution in [2.75, 3.05) is 10.6 Å². The van der Waals surface area contributed by atoms with Crippen molar-refractivity contribution in [2.24, 2.45) is 0 Å². The molecule has 25 heavy (non-hydrogen) atoms. The largest absolute Gasteiger partial charge is 0.417 e. The number of carbonyl (C=O) groups excluding carboxylic acids is 2. The van der Waals surface area contributed by atoms with Gasteiger partial charge in [0, 0.05) is 11.4 Å². The van der Waals surface area contributed by atoms with Crippen LogP contribution in [0, 0.1) is 0 Å². The van der Waals surface area contributed by atoms with Gasteiger partial charge < -0.3 is 10.1 Å². The maximum atomic E-state index is 12.5. The van der Waals surface area contributed by atoms with Gasteiger partial charge in [-0.15, -0.1) is 0 Å². The van der Waals surface area contributed by atoms with Crippen molar-refractivity contribution in [3.8, 4) is 5.75 Å². The molecule has 3 aromatic carbocycles. The summed E-state index contributed by atoms with van der Waals surface area (Å²) in [5.74, 6) is -0.168. The number of benzene rings is 3. The Balaban J connectivity index is 1.72. The molecule has 124 valence electrons. The molecule has 0 atom stereocenters. The Morgan fingerprint density at radius 1 is 0.640 bits per heavy atom. The lowest BCUT2D eigenvalue weighted by atomic mass is 10.2. The van der Waals surface area contributed by atoms with Gasteiger partial charge >= 0.3 is 6.09 Å². The predicted octanol–water partition coefficient (Wildman–Crippen LogP) is 4.55. The summed E-state index contributed by atoms with van der Waals surface area (Å²) in [5.41, 5.74) is 1.55. The molecule has 0 unspecified atom stereocenters. The first-order valence-electron chi connectivity index (χ1n) is 7.72. The van der Waals surface area contributed by atoms with E-state index in [0.717, 1.165) is 0 Å². The van der Waals surface area contributed by atoms with Gasteiger partial charge in [-0.2, -0.15) is 0 Å². The Morgan fingerprint density at radius 3 is 1.80 bits per heavy atom. The second-order valence-corrected chi connectivity index (χ2v) is 5.20. The van der Waals surface area contributed by atoms with Crippen LogP contribution in [-0.2, 0) is 0 Å². The average molecular weight is 332 g/mol. The molecule has 3 aromatic rings. The van der Waals surface area contributed by atoms with E-state index >= 15 is 0 Å². The second kappa shape index (κ2) is 7.79. The minimum atomic E-state index is -0.661. The standard InChI is InChI=1S/C20H16N2O3/c23-19(21-15-9-3-1-4-10-15)17-13-7-8-14-18(17)25-20(24)22-16-11-5-2-6-12-16/h1-14H,(H,21,23)(H,22,24). The van der Waals surface area contributed by atoms with E-state index in [1.807, 2.05) is 24.3 Å². The van der Waals surface area contributed by atoms with Gasteiger partial charge in [0.2, 0.25) is 0 Å². The van der Waals surface area contributed by atoms with Gasteiger partial charge in [0.15, 0.2) is 0 Å². The fourth-order valence-electron chi connectivity index (χ4n) is 2.23. The number of hydrogen-bond donors (Lipinski definition) is 2. The highest BCUT2D eigenvalue weighted by Gasteiger charge is 2.15. The maximum Gasteiger partial charge on any atom is 0.417 e. The Labute approximate surface area is 145 Å². The minimum Gasteiger partial charge on any atom is -0.409 e. The highest BCUT2D eigenvalue weighted by molar-refractivity contribution is 6.06. The zero-order valence-corrected chi connectivity index (χ0v) is 13.3. The van der Waals surface area contributed by atoms with E-state index in [1.165, 1.54) is 0 Å². The van der Waals surface area contributed by atoms with Crippen LogP contribution in [-0.4, -0.2) is 12.0 Å². The van der Waals surface area contributed by atoms with Crippen molar-refractivity contribution < 1.29 is 14.3 Å². The summed E-state index contributed by atoms with van der Waals surface area (Å²) in [7, 11) is 0. The fourth-order valence-corrected chi connectivity index (χ4v) is 2.23. The molecule has 5 nitrogen and oxygen atoms in total. The molecule has 3 rings (SSSR count). The lowest BCUT2D eigenvalue weighted by molar-refractivity contribution is 0.102. The molecule has 2 amide bonds. The summed E-state index contributed by atoms with van der Waals surface area (Å²) in [6.45, 7) is 0. The average Bonchev–Trinajstić information content (AvgIpc) is 2.63. The summed E-state index contributed by atoms with van der Waals surface area (Å²) >= 11 is 0. The molecule has 0 radical (unpaired) electrons. The molecule has 2 N–H and O–H groups in total. The smallest absolute Gasteiger partial charge is 0.409 e. The first kappa shape index (κ1) is 16.3. The molecular formula is C20H16N2O3. The predicted molar refractivity (Wildman–Crippen MR) is 96.9 cm³/mol. The van der Waals surface area contributed by atoms with Crippen LogP contribution < -0.4 is 15.4 Å². The molecule has 0 aliphatic rings. The molecular weight excluding hydrogens is 316 g/mol. The van der Waals surface area contributed by atoms with Crippen LogP contribution in [0.15, 0.2) is 84.9 Å². The van der Waals surface area contributed by atoms with Gasteiger partial charge in [-0.3, -0.25) is 10.1 Å². The second-order valence-electron chi connectivity index (χ2n) is 5.20. The lowest BCUT2D eigenvalue weighted by Crippen LogP contribution is -2.19. The van der Waals surface area contributed by atoms with Gasteiger partial charge in [0.1, 0.15) is 5.75 Å². The number of hydrogen-bond acceptors (Lipinski definition) is 3. The van der Waals surface area contributed by atoms with E-state index in [1.54, 1.807) is 60.7 Å². The van der Waals surface area contributed by atoms with Crippen molar-refractivity contribution in [2.45, 2.75) is 0 Å². The number of nitrogens with one attached hydrogen (secondary N) is 2. The maximum absolute atomic E-state index is 12.5. The number of ether oxygens (including phenoxy) is 1. The molecule has 0 saturated carbocycles. The van der Waals surface area contributed by atoms with Crippen molar-refractivity contribution in [1.29, 1.82) is 0 Å². The number of rotatable bonds is 4. The minimum absolute atomic E-state index is 0.185. The van der Waals surface area contributed by atoms with E-state index in [-0.39, 0.29) is 17.2 Å². The van der Waals surface area contributed by atoms with E-state index in [2.05, 4.69) is 10.6 Å². The van der Waals surface area contributed by atoms with Gasteiger partial charge in [-0.1, -0.05) is 48.5 Å². The number of carbonyl (C=O) groups is 2. The third-order valence-corrected chi connectivity index (χ3v) is 3.39. The van der Waals surface area contributed by atoms with Crippen LogP contribution in [0.2, 0.25) is 0 Å². The van der Waals surface area contributed by atoms with Crippen molar-refractivity contribution >= 4 is 23.4 Å². The Morgan fingerprint density at radius 2 is 1.16 bits per heavy atom. The topological polar surface area (TPSA) is 67.4 Å². The molecule has 0 fully saturated rings. The quantitative estimate of drug-likeness (QED) is 0.736. The Kier molecular flexibility index (Phi) is 5.07. The molecule has 5 heteroatoms. The van der Waals surface area contributed by atoms with Crippen LogP contribution in [0.5, 0.6) is 5.75 Å². The van der Waals surface area contributed by atoms with Crippen LogP contribution in [0.1, 0.15) is 10.4 Å². The number of amides is 2. The normalized spacial score (nSPS) is 9.92. The van der Waals surface area contributed by atoms with Crippen LogP contribution in [0.4, 0.5) is 16.2 Å². The number of para-hydroxylation sites is 3. The fraction of sp³-hybridized carbons (Fsp3) is 0. The monoisotopic (exact) mass is 332 g/mol. The Bertz CT molecular complexity index is 864. The molecule has 0 heterocycles. The van der Waals surface area contributed by atoms with Crippen molar-refractivity contribution in [3.05, 3.63) is 90.5 Å². The van der Waals surface area contributed by atoms with Gasteiger partial charge in [0.25, 0.3) is 5.91 Å². The van der Waals surface area contributed by atoms with Crippen molar-refractivity contribution in [3.63, 3.8) is 0 Å². The highest BCUT2D eigenvalue weighted by Crippen LogP contribution is 2.20. The number of anilines is 2. The molecule has 0 spiro atoms. The van der Waals surface area contributed by atoms with Crippen LogP contribution in [0.3, 0.4) is 0 Å². The zero-order chi connectivity index (χ0) is 17.5. The summed E-state index contributed by atoms with van der Waals surface area (Å²) in [6.07, 6.45) is -0.661. The van der Waals surface area contributed by atoms with Crippen molar-refractivity contribution in [1.82, 2.24) is 0 Å². The molecule has 0 bridgehead atoms. The summed E-state index contributed by atoms with van der Waals surface area (Å²) in [6, 6.07) is 24.6. The first-order chi connectivity index (χ1) is 12.2. The Hall–Kier alpha value is -3.60. The molecule has 0 saturated heterocycles. The van der Waals surface area contributed by atoms with E-state index < -0.39 is 6.09 Å². The van der Waals surface area contributed by atoms with Gasteiger partial charge in [0.05, 0.1) is 5.56 Å². The third kappa shape index (κ3) is 4.45. The molecule has 0 aliphatic carbocycles. The zero-order valence-electron chi connectivity index (χ0n) is 13.3. The van der Waals surface area contributed by atoms with Gasteiger partial charge in [-0.05, 0) is 36.4 Å². The molecule has 0 aliphatic heterocycles. The van der Waals surface area contributed by atoms with E-state index in [9.17, 15) is 9.59 Å². The SMILES string of the molecule is O=C(Nc1ccccc1)Oc1ccccc1C(=O)Nc1ccccc1. The van der Waals surface area contributed by atoms with E-state index in [4.69, 9.17) is 4.74 Å². The highest BCUT2D eigenvalue weighted by atomic mass is 16.6.